The minimum absolute atomic E-state index is 0.178. The molecule has 4 nitrogen and oxygen atoms in total. The monoisotopic (exact) mass is 417 g/mol. The smallest absolute Gasteiger partial charge is 0.267 e. The van der Waals surface area contributed by atoms with Crippen LogP contribution in [0, 0.1) is 5.82 Å². The lowest BCUT2D eigenvalue weighted by atomic mass is 10.1. The quantitative estimate of drug-likeness (QED) is 0.603. The minimum atomic E-state index is -4.51. The molecular weight excluding hydrogens is 406 g/mol. The van der Waals surface area contributed by atoms with E-state index in [9.17, 15) is 30.8 Å². The molecule has 0 amide bonds. The van der Waals surface area contributed by atoms with Crippen molar-refractivity contribution in [2.75, 3.05) is 6.26 Å². The van der Waals surface area contributed by atoms with Crippen molar-refractivity contribution in [1.29, 1.82) is 0 Å². The number of rotatable bonds is 3. The molecule has 0 saturated heterocycles. The standard InChI is InChI=1S/C17H11F4NO3S2/c1-27(24,25)15-7-2-10(8-13(15)18)14-9-26-16(23)22(14)12-5-3-11(4-6-12)17(19,20)21/h2-9H,1H3. The zero-order valence-corrected chi connectivity index (χ0v) is 15.3. The number of hydrogen-bond acceptors (Lipinski definition) is 4. The zero-order chi connectivity index (χ0) is 20.0. The third-order valence-corrected chi connectivity index (χ3v) is 5.63. The van der Waals surface area contributed by atoms with Crippen molar-refractivity contribution in [1.82, 2.24) is 4.57 Å². The third kappa shape index (κ3) is 3.81. The molecule has 0 aliphatic heterocycles. The van der Waals surface area contributed by atoms with Crippen LogP contribution in [0.2, 0.25) is 0 Å². The van der Waals surface area contributed by atoms with E-state index in [1.54, 1.807) is 0 Å². The molecule has 0 fully saturated rings. The molecule has 0 aliphatic rings. The van der Waals surface area contributed by atoms with Gasteiger partial charge in [-0.25, -0.2) is 12.8 Å². The van der Waals surface area contributed by atoms with Gasteiger partial charge in [0.2, 0.25) is 0 Å². The van der Waals surface area contributed by atoms with Gasteiger partial charge in [-0.2, -0.15) is 13.2 Å². The molecule has 0 atom stereocenters. The number of halogens is 4. The molecular formula is C17H11F4NO3S2. The SMILES string of the molecule is CS(=O)(=O)c1ccc(-c2csc(=O)n2-c2ccc(C(F)(F)F)cc2)cc1F. The lowest BCUT2D eigenvalue weighted by Crippen LogP contribution is -2.13. The molecule has 1 aromatic heterocycles. The maximum absolute atomic E-state index is 14.2. The summed E-state index contributed by atoms with van der Waals surface area (Å²) in [5.41, 5.74) is -0.224. The maximum atomic E-state index is 14.2. The van der Waals surface area contributed by atoms with E-state index in [1.807, 2.05) is 0 Å². The first-order valence-corrected chi connectivity index (χ1v) is 10.1. The highest BCUT2D eigenvalue weighted by Gasteiger charge is 2.30. The number of nitrogens with zero attached hydrogens (tertiary/aromatic N) is 1. The molecule has 1 heterocycles. The number of thiazole rings is 1. The lowest BCUT2D eigenvalue weighted by Gasteiger charge is -2.11. The lowest BCUT2D eigenvalue weighted by molar-refractivity contribution is -0.137. The Bertz CT molecular complexity index is 1160. The Labute approximate surface area is 155 Å². The van der Waals surface area contributed by atoms with Gasteiger partial charge in [0.05, 0.1) is 16.9 Å². The molecule has 10 heteroatoms. The van der Waals surface area contributed by atoms with Gasteiger partial charge in [0.25, 0.3) is 0 Å². The van der Waals surface area contributed by atoms with Gasteiger partial charge < -0.3 is 0 Å². The van der Waals surface area contributed by atoms with E-state index in [2.05, 4.69) is 0 Å². The molecule has 0 unspecified atom stereocenters. The summed E-state index contributed by atoms with van der Waals surface area (Å²) in [6, 6.07) is 7.36. The highest BCUT2D eigenvalue weighted by atomic mass is 32.2. The van der Waals surface area contributed by atoms with Gasteiger partial charge in [0.1, 0.15) is 10.7 Å². The Morgan fingerprint density at radius 2 is 1.67 bits per heavy atom. The van der Waals surface area contributed by atoms with Gasteiger partial charge in [-0.3, -0.25) is 9.36 Å². The number of aromatic nitrogens is 1. The van der Waals surface area contributed by atoms with Crippen LogP contribution in [0.4, 0.5) is 17.6 Å². The van der Waals surface area contributed by atoms with Crippen molar-refractivity contribution < 1.29 is 26.0 Å². The first kappa shape index (κ1) is 19.3. The summed E-state index contributed by atoms with van der Waals surface area (Å²) in [6.07, 6.45) is -3.64. The molecule has 27 heavy (non-hydrogen) atoms. The fourth-order valence-corrected chi connectivity index (χ4v) is 4.00. The molecule has 0 N–H and O–H groups in total. The van der Waals surface area contributed by atoms with Crippen LogP contribution in [-0.4, -0.2) is 19.2 Å². The van der Waals surface area contributed by atoms with Crippen LogP contribution in [0.25, 0.3) is 16.9 Å². The van der Waals surface area contributed by atoms with Crippen molar-refractivity contribution in [3.8, 4) is 16.9 Å². The summed E-state index contributed by atoms with van der Waals surface area (Å²) in [4.78, 5) is 11.2. The fourth-order valence-electron chi connectivity index (χ4n) is 2.51. The van der Waals surface area contributed by atoms with Gasteiger partial charge in [-0.1, -0.05) is 17.4 Å². The molecule has 0 radical (unpaired) electrons. The van der Waals surface area contributed by atoms with E-state index in [0.717, 1.165) is 58.6 Å². The van der Waals surface area contributed by atoms with Gasteiger partial charge in [0.15, 0.2) is 9.84 Å². The van der Waals surface area contributed by atoms with Crippen molar-refractivity contribution in [3.05, 3.63) is 68.9 Å². The Morgan fingerprint density at radius 3 is 2.19 bits per heavy atom. The molecule has 0 saturated carbocycles. The van der Waals surface area contributed by atoms with Crippen LogP contribution in [0.5, 0.6) is 0 Å². The number of hydrogen-bond donors (Lipinski definition) is 0. The molecule has 0 aliphatic carbocycles. The molecule has 2 aromatic carbocycles. The number of sulfone groups is 1. The van der Waals surface area contributed by atoms with Gasteiger partial charge in [-0.05, 0) is 36.4 Å². The van der Waals surface area contributed by atoms with E-state index < -0.39 is 37.2 Å². The normalized spacial score (nSPS) is 12.3. The molecule has 0 spiro atoms. The van der Waals surface area contributed by atoms with Crippen molar-refractivity contribution in [3.63, 3.8) is 0 Å². The van der Waals surface area contributed by atoms with E-state index in [4.69, 9.17) is 0 Å². The van der Waals surface area contributed by atoms with Crippen LogP contribution >= 0.6 is 11.3 Å². The van der Waals surface area contributed by atoms with E-state index in [1.165, 1.54) is 11.4 Å². The van der Waals surface area contributed by atoms with Crippen molar-refractivity contribution in [2.24, 2.45) is 0 Å². The van der Waals surface area contributed by atoms with Gasteiger partial charge in [-0.15, -0.1) is 0 Å². The molecule has 0 bridgehead atoms. The third-order valence-electron chi connectivity index (χ3n) is 3.77. The topological polar surface area (TPSA) is 56.1 Å². The summed E-state index contributed by atoms with van der Waals surface area (Å²) >= 11 is 0.791. The highest BCUT2D eigenvalue weighted by Crippen LogP contribution is 2.31. The Morgan fingerprint density at radius 1 is 1.04 bits per heavy atom. The Hall–Kier alpha value is -2.46. The highest BCUT2D eigenvalue weighted by molar-refractivity contribution is 7.90. The molecule has 3 aromatic rings. The average Bonchev–Trinajstić information content (AvgIpc) is 2.94. The Kier molecular flexibility index (Phi) is 4.73. The second kappa shape index (κ2) is 6.61. The van der Waals surface area contributed by atoms with Gasteiger partial charge >= 0.3 is 11.0 Å². The van der Waals surface area contributed by atoms with Crippen LogP contribution in [0.3, 0.4) is 0 Å². The number of benzene rings is 2. The molecule has 142 valence electrons. The van der Waals surface area contributed by atoms with Crippen LogP contribution < -0.4 is 4.87 Å². The van der Waals surface area contributed by atoms with Crippen molar-refractivity contribution in [2.45, 2.75) is 11.1 Å². The van der Waals surface area contributed by atoms with Gasteiger partial charge in [0, 0.05) is 17.2 Å². The van der Waals surface area contributed by atoms with E-state index in [-0.39, 0.29) is 16.9 Å². The average molecular weight is 417 g/mol. The van der Waals surface area contributed by atoms with Crippen LogP contribution in [-0.2, 0) is 16.0 Å². The minimum Gasteiger partial charge on any atom is -0.267 e. The van der Waals surface area contributed by atoms with E-state index in [0.29, 0.717) is 0 Å². The van der Waals surface area contributed by atoms with E-state index >= 15 is 0 Å². The summed E-state index contributed by atoms with van der Waals surface area (Å²) in [5, 5.41) is 1.43. The summed E-state index contributed by atoms with van der Waals surface area (Å²) in [5.74, 6) is -0.979. The largest absolute Gasteiger partial charge is 0.416 e. The second-order valence-corrected chi connectivity index (χ2v) is 8.49. The predicted molar refractivity (Wildman–Crippen MR) is 93.4 cm³/mol. The number of alkyl halides is 3. The van der Waals surface area contributed by atoms with Crippen LogP contribution in [0.15, 0.2) is 57.5 Å². The zero-order valence-electron chi connectivity index (χ0n) is 13.6. The first-order chi connectivity index (χ1) is 12.5. The predicted octanol–water partition coefficient (Wildman–Crippen LogP) is 4.13. The second-order valence-electron chi connectivity index (χ2n) is 5.68. The van der Waals surface area contributed by atoms with Crippen LogP contribution in [0.1, 0.15) is 5.56 Å². The first-order valence-electron chi connectivity index (χ1n) is 7.36. The summed E-state index contributed by atoms with van der Waals surface area (Å²) in [7, 11) is -3.76. The summed E-state index contributed by atoms with van der Waals surface area (Å²) in [6.45, 7) is 0. The summed E-state index contributed by atoms with van der Waals surface area (Å²) < 4.78 is 76.5. The fraction of sp³-hybridized carbons (Fsp3) is 0.118. The van der Waals surface area contributed by atoms with Crippen molar-refractivity contribution >= 4 is 21.2 Å². The maximum Gasteiger partial charge on any atom is 0.416 e. The Balaban J connectivity index is 2.11. The molecule has 3 rings (SSSR count).